The number of hydrogen-bond donors (Lipinski definition) is 0. The number of amides is 1. The second-order valence-electron chi connectivity index (χ2n) is 3.98. The van der Waals surface area contributed by atoms with Crippen molar-refractivity contribution in [2.75, 3.05) is 4.90 Å². The van der Waals surface area contributed by atoms with Gasteiger partial charge in [0.1, 0.15) is 0 Å². The zero-order valence-corrected chi connectivity index (χ0v) is 9.82. The maximum atomic E-state index is 12.1. The van der Waals surface area contributed by atoms with Gasteiger partial charge in [-0.05, 0) is 24.3 Å². The summed E-state index contributed by atoms with van der Waals surface area (Å²) < 4.78 is 0. The van der Waals surface area contributed by atoms with Gasteiger partial charge in [0.2, 0.25) is 5.91 Å². The average molecular weight is 244 g/mol. The molecule has 2 nitrogen and oxygen atoms in total. The van der Waals surface area contributed by atoms with Crippen LogP contribution in [0.1, 0.15) is 5.56 Å². The van der Waals surface area contributed by atoms with Crippen LogP contribution in [0.5, 0.6) is 0 Å². The highest BCUT2D eigenvalue weighted by Crippen LogP contribution is 2.38. The standard InChI is InChI=1S/C14H10ClNO/c15-12-7-4-8-13-11(12)9-14(17)16(13)10-5-2-1-3-6-10/h1-8H,9H2. The Balaban J connectivity index is 2.15. The molecule has 1 heterocycles. The molecule has 0 unspecified atom stereocenters. The van der Waals surface area contributed by atoms with Gasteiger partial charge in [-0.25, -0.2) is 0 Å². The molecule has 0 spiro atoms. The Labute approximate surface area is 104 Å². The smallest absolute Gasteiger partial charge is 0.236 e. The van der Waals surface area contributed by atoms with Gasteiger partial charge < -0.3 is 0 Å². The Morgan fingerprint density at radius 2 is 1.76 bits per heavy atom. The minimum atomic E-state index is 0.0688. The van der Waals surface area contributed by atoms with Gasteiger partial charge in [0.25, 0.3) is 0 Å². The predicted octanol–water partition coefficient (Wildman–Crippen LogP) is 3.56. The van der Waals surface area contributed by atoms with Gasteiger partial charge in [-0.15, -0.1) is 0 Å². The first-order chi connectivity index (χ1) is 8.27. The molecular formula is C14H10ClNO. The Hall–Kier alpha value is -1.80. The van der Waals surface area contributed by atoms with E-state index in [1.807, 2.05) is 48.5 Å². The van der Waals surface area contributed by atoms with Crippen LogP contribution in [0.4, 0.5) is 11.4 Å². The summed E-state index contributed by atoms with van der Waals surface area (Å²) in [6, 6.07) is 15.2. The molecule has 2 aromatic rings. The molecule has 0 atom stereocenters. The number of carbonyl (C=O) groups excluding carboxylic acids is 1. The first kappa shape index (κ1) is 10.4. The van der Waals surface area contributed by atoms with Crippen LogP contribution in [0.3, 0.4) is 0 Å². The van der Waals surface area contributed by atoms with Gasteiger partial charge in [-0.1, -0.05) is 35.9 Å². The quantitative estimate of drug-likeness (QED) is 0.750. The third kappa shape index (κ3) is 1.61. The molecule has 0 fully saturated rings. The van der Waals surface area contributed by atoms with E-state index in [0.717, 1.165) is 16.9 Å². The summed E-state index contributed by atoms with van der Waals surface area (Å²) in [6.07, 6.45) is 0.379. The van der Waals surface area contributed by atoms with E-state index < -0.39 is 0 Å². The lowest BCUT2D eigenvalue weighted by Gasteiger charge is -2.17. The zero-order valence-electron chi connectivity index (χ0n) is 9.06. The molecule has 0 bridgehead atoms. The maximum Gasteiger partial charge on any atom is 0.236 e. The zero-order chi connectivity index (χ0) is 11.8. The molecule has 1 amide bonds. The van der Waals surface area contributed by atoms with Crippen LogP contribution in [0, 0.1) is 0 Å². The van der Waals surface area contributed by atoms with Gasteiger partial charge in [-0.2, -0.15) is 0 Å². The number of benzene rings is 2. The van der Waals surface area contributed by atoms with Gasteiger partial charge in [0.05, 0.1) is 12.1 Å². The lowest BCUT2D eigenvalue weighted by molar-refractivity contribution is -0.116. The van der Waals surface area contributed by atoms with Crippen molar-refractivity contribution in [3.8, 4) is 0 Å². The number of hydrogen-bond acceptors (Lipinski definition) is 1. The summed E-state index contributed by atoms with van der Waals surface area (Å²) in [5.74, 6) is 0.0688. The van der Waals surface area contributed by atoms with Crippen molar-refractivity contribution in [2.45, 2.75) is 6.42 Å². The van der Waals surface area contributed by atoms with Crippen LogP contribution in [-0.2, 0) is 11.2 Å². The molecule has 3 heteroatoms. The number of fused-ring (bicyclic) bond motifs is 1. The monoisotopic (exact) mass is 243 g/mol. The van der Waals surface area contributed by atoms with Crippen LogP contribution in [0.15, 0.2) is 48.5 Å². The fourth-order valence-corrected chi connectivity index (χ4v) is 2.39. The van der Waals surface area contributed by atoms with Gasteiger partial charge in [0.15, 0.2) is 0 Å². The molecule has 0 aromatic heterocycles. The van der Waals surface area contributed by atoms with Crippen molar-refractivity contribution in [3.63, 3.8) is 0 Å². The van der Waals surface area contributed by atoms with E-state index in [9.17, 15) is 4.79 Å². The molecule has 0 N–H and O–H groups in total. The van der Waals surface area contributed by atoms with Gasteiger partial charge in [-0.3, -0.25) is 9.69 Å². The van der Waals surface area contributed by atoms with Crippen molar-refractivity contribution in [3.05, 3.63) is 59.1 Å². The van der Waals surface area contributed by atoms with Crippen molar-refractivity contribution < 1.29 is 4.79 Å². The predicted molar refractivity (Wildman–Crippen MR) is 68.7 cm³/mol. The van der Waals surface area contributed by atoms with Crippen molar-refractivity contribution in [1.29, 1.82) is 0 Å². The molecule has 0 aliphatic carbocycles. The number of rotatable bonds is 1. The summed E-state index contributed by atoms with van der Waals surface area (Å²) in [7, 11) is 0. The average Bonchev–Trinajstić information content (AvgIpc) is 2.68. The first-order valence-electron chi connectivity index (χ1n) is 5.43. The van der Waals surface area contributed by atoms with E-state index in [4.69, 9.17) is 11.6 Å². The number of anilines is 2. The fourth-order valence-electron chi connectivity index (χ4n) is 2.16. The van der Waals surface area contributed by atoms with E-state index in [1.54, 1.807) is 4.90 Å². The highest BCUT2D eigenvalue weighted by Gasteiger charge is 2.29. The topological polar surface area (TPSA) is 20.3 Å². The highest BCUT2D eigenvalue weighted by molar-refractivity contribution is 6.32. The molecule has 0 radical (unpaired) electrons. The highest BCUT2D eigenvalue weighted by atomic mass is 35.5. The van der Waals surface area contributed by atoms with Crippen molar-refractivity contribution in [2.24, 2.45) is 0 Å². The van der Waals surface area contributed by atoms with Gasteiger partial charge in [0, 0.05) is 16.3 Å². The summed E-state index contributed by atoms with van der Waals surface area (Å²) in [5.41, 5.74) is 2.70. The van der Waals surface area contributed by atoms with Crippen LogP contribution in [0.25, 0.3) is 0 Å². The lowest BCUT2D eigenvalue weighted by atomic mass is 10.1. The molecular weight excluding hydrogens is 234 g/mol. The first-order valence-corrected chi connectivity index (χ1v) is 5.80. The van der Waals surface area contributed by atoms with Crippen LogP contribution in [0.2, 0.25) is 5.02 Å². The lowest BCUT2D eigenvalue weighted by Crippen LogP contribution is -2.20. The number of halogens is 1. The van der Waals surface area contributed by atoms with E-state index in [1.165, 1.54) is 0 Å². The van der Waals surface area contributed by atoms with E-state index in [2.05, 4.69) is 0 Å². The van der Waals surface area contributed by atoms with Crippen LogP contribution in [-0.4, -0.2) is 5.91 Å². The fraction of sp³-hybridized carbons (Fsp3) is 0.0714. The molecule has 1 aliphatic rings. The molecule has 84 valence electrons. The summed E-state index contributed by atoms with van der Waals surface area (Å²) in [6.45, 7) is 0. The van der Waals surface area contributed by atoms with Crippen LogP contribution >= 0.6 is 11.6 Å². The summed E-state index contributed by atoms with van der Waals surface area (Å²) >= 11 is 6.11. The second kappa shape index (κ2) is 3.90. The van der Waals surface area contributed by atoms with Crippen molar-refractivity contribution in [1.82, 2.24) is 0 Å². The maximum absolute atomic E-state index is 12.1. The Morgan fingerprint density at radius 3 is 2.53 bits per heavy atom. The summed E-state index contributed by atoms with van der Waals surface area (Å²) in [5, 5.41) is 0.661. The third-order valence-electron chi connectivity index (χ3n) is 2.93. The molecule has 0 saturated carbocycles. The largest absolute Gasteiger partial charge is 0.280 e. The SMILES string of the molecule is O=C1Cc2c(Cl)cccc2N1c1ccccc1. The Morgan fingerprint density at radius 1 is 1.00 bits per heavy atom. The van der Waals surface area contributed by atoms with E-state index >= 15 is 0 Å². The van der Waals surface area contributed by atoms with E-state index in [0.29, 0.717) is 11.4 Å². The molecule has 0 saturated heterocycles. The molecule has 1 aliphatic heterocycles. The minimum Gasteiger partial charge on any atom is -0.280 e. The normalized spacial score (nSPS) is 13.9. The Bertz CT molecular complexity index is 580. The van der Waals surface area contributed by atoms with Crippen LogP contribution < -0.4 is 4.90 Å². The summed E-state index contributed by atoms with van der Waals surface area (Å²) in [4.78, 5) is 13.8. The third-order valence-corrected chi connectivity index (χ3v) is 3.28. The molecule has 17 heavy (non-hydrogen) atoms. The number of carbonyl (C=O) groups is 1. The second-order valence-corrected chi connectivity index (χ2v) is 4.39. The van der Waals surface area contributed by atoms with E-state index in [-0.39, 0.29) is 5.91 Å². The number of para-hydroxylation sites is 1. The minimum absolute atomic E-state index is 0.0688. The molecule has 2 aromatic carbocycles. The van der Waals surface area contributed by atoms with Gasteiger partial charge >= 0.3 is 0 Å². The van der Waals surface area contributed by atoms with Crippen molar-refractivity contribution >= 4 is 28.9 Å². The molecule has 3 rings (SSSR count). The number of nitrogens with zero attached hydrogens (tertiary/aromatic N) is 1. The Kier molecular flexibility index (Phi) is 2.37.